The molecular formula is C13H18FN. The standard InChI is InChI=1S/C13H18FN/c1-9-6-11(4-5-13(9)14)12-8-15(3)7-10(12)2/h4-6,10,12H,7-8H2,1-3H3. The Bertz CT molecular complexity index is 362. The zero-order valence-electron chi connectivity index (χ0n) is 9.63. The maximum atomic E-state index is 13.1. The Balaban J connectivity index is 2.26. The Labute approximate surface area is 90.9 Å². The van der Waals surface area contributed by atoms with Crippen LogP contribution in [0.4, 0.5) is 4.39 Å². The highest BCUT2D eigenvalue weighted by molar-refractivity contribution is 5.28. The first-order valence-electron chi connectivity index (χ1n) is 5.52. The zero-order valence-corrected chi connectivity index (χ0v) is 9.63. The van der Waals surface area contributed by atoms with Gasteiger partial charge in [-0.15, -0.1) is 0 Å². The fourth-order valence-corrected chi connectivity index (χ4v) is 2.54. The van der Waals surface area contributed by atoms with Crippen LogP contribution in [-0.4, -0.2) is 25.0 Å². The highest BCUT2D eigenvalue weighted by Crippen LogP contribution is 2.32. The molecule has 0 aliphatic carbocycles. The van der Waals surface area contributed by atoms with E-state index in [0.29, 0.717) is 11.8 Å². The number of hydrogen-bond donors (Lipinski definition) is 0. The molecular weight excluding hydrogens is 189 g/mol. The van der Waals surface area contributed by atoms with Gasteiger partial charge in [0, 0.05) is 19.0 Å². The van der Waals surface area contributed by atoms with E-state index in [1.54, 1.807) is 6.07 Å². The first-order chi connectivity index (χ1) is 7.08. The second-order valence-electron chi connectivity index (χ2n) is 4.81. The van der Waals surface area contributed by atoms with Crippen LogP contribution < -0.4 is 0 Å². The van der Waals surface area contributed by atoms with E-state index in [-0.39, 0.29) is 5.82 Å². The Morgan fingerprint density at radius 3 is 2.60 bits per heavy atom. The Hall–Kier alpha value is -0.890. The average molecular weight is 207 g/mol. The predicted octanol–water partition coefficient (Wildman–Crippen LogP) is 2.80. The molecule has 0 spiro atoms. The molecule has 1 aromatic rings. The summed E-state index contributed by atoms with van der Waals surface area (Å²) < 4.78 is 13.1. The van der Waals surface area contributed by atoms with Gasteiger partial charge in [-0.2, -0.15) is 0 Å². The van der Waals surface area contributed by atoms with Crippen molar-refractivity contribution in [3.8, 4) is 0 Å². The number of aryl methyl sites for hydroxylation is 1. The molecule has 1 fully saturated rings. The molecule has 0 bridgehead atoms. The van der Waals surface area contributed by atoms with Crippen molar-refractivity contribution in [1.82, 2.24) is 4.90 Å². The van der Waals surface area contributed by atoms with Crippen molar-refractivity contribution in [2.24, 2.45) is 5.92 Å². The molecule has 2 rings (SSSR count). The van der Waals surface area contributed by atoms with Crippen LogP contribution in [0.25, 0.3) is 0 Å². The first kappa shape index (κ1) is 10.6. The van der Waals surface area contributed by atoms with Gasteiger partial charge < -0.3 is 4.90 Å². The van der Waals surface area contributed by atoms with Crippen molar-refractivity contribution in [2.75, 3.05) is 20.1 Å². The third-order valence-corrected chi connectivity index (χ3v) is 3.41. The zero-order chi connectivity index (χ0) is 11.0. The Kier molecular flexibility index (Phi) is 2.79. The molecule has 0 radical (unpaired) electrons. The summed E-state index contributed by atoms with van der Waals surface area (Å²) in [5.41, 5.74) is 2.04. The van der Waals surface area contributed by atoms with E-state index in [0.717, 1.165) is 18.7 Å². The molecule has 0 N–H and O–H groups in total. The summed E-state index contributed by atoms with van der Waals surface area (Å²) >= 11 is 0. The van der Waals surface area contributed by atoms with Crippen molar-refractivity contribution < 1.29 is 4.39 Å². The SMILES string of the molecule is Cc1cc(C2CN(C)CC2C)ccc1F. The minimum Gasteiger partial charge on any atom is -0.305 e. The number of nitrogens with zero attached hydrogens (tertiary/aromatic N) is 1. The maximum absolute atomic E-state index is 13.1. The highest BCUT2D eigenvalue weighted by Gasteiger charge is 2.28. The number of hydrogen-bond acceptors (Lipinski definition) is 1. The predicted molar refractivity (Wildman–Crippen MR) is 60.5 cm³/mol. The van der Waals surface area contributed by atoms with Gasteiger partial charge in [0.25, 0.3) is 0 Å². The van der Waals surface area contributed by atoms with Gasteiger partial charge >= 0.3 is 0 Å². The van der Waals surface area contributed by atoms with Gasteiger partial charge in [0.15, 0.2) is 0 Å². The summed E-state index contributed by atoms with van der Waals surface area (Å²) in [6.07, 6.45) is 0. The molecule has 1 heterocycles. The molecule has 2 unspecified atom stereocenters. The van der Waals surface area contributed by atoms with Gasteiger partial charge in [0.2, 0.25) is 0 Å². The molecule has 0 aromatic heterocycles. The van der Waals surface area contributed by atoms with Crippen LogP contribution in [0, 0.1) is 18.7 Å². The third-order valence-electron chi connectivity index (χ3n) is 3.41. The molecule has 1 nitrogen and oxygen atoms in total. The lowest BCUT2D eigenvalue weighted by molar-refractivity contribution is 0.401. The number of rotatable bonds is 1. The molecule has 15 heavy (non-hydrogen) atoms. The first-order valence-corrected chi connectivity index (χ1v) is 5.52. The second-order valence-corrected chi connectivity index (χ2v) is 4.81. The summed E-state index contributed by atoms with van der Waals surface area (Å²) in [7, 11) is 2.15. The molecule has 1 aliphatic rings. The van der Waals surface area contributed by atoms with Crippen LogP contribution in [0.1, 0.15) is 24.0 Å². The highest BCUT2D eigenvalue weighted by atomic mass is 19.1. The lowest BCUT2D eigenvalue weighted by Gasteiger charge is -2.15. The van der Waals surface area contributed by atoms with E-state index >= 15 is 0 Å². The second kappa shape index (κ2) is 3.93. The van der Waals surface area contributed by atoms with E-state index in [2.05, 4.69) is 18.9 Å². The normalized spacial score (nSPS) is 27.2. The van der Waals surface area contributed by atoms with Crippen LogP contribution in [-0.2, 0) is 0 Å². The van der Waals surface area contributed by atoms with E-state index in [9.17, 15) is 4.39 Å². The van der Waals surface area contributed by atoms with Crippen molar-refractivity contribution in [3.63, 3.8) is 0 Å². The van der Waals surface area contributed by atoms with E-state index in [1.165, 1.54) is 5.56 Å². The van der Waals surface area contributed by atoms with Crippen LogP contribution in [0.2, 0.25) is 0 Å². The molecule has 2 atom stereocenters. The lowest BCUT2D eigenvalue weighted by Crippen LogP contribution is -2.13. The van der Waals surface area contributed by atoms with Crippen molar-refractivity contribution in [2.45, 2.75) is 19.8 Å². The van der Waals surface area contributed by atoms with Gasteiger partial charge in [-0.05, 0) is 37.1 Å². The molecule has 1 saturated heterocycles. The molecule has 1 aliphatic heterocycles. The Morgan fingerprint density at radius 1 is 1.33 bits per heavy atom. The van der Waals surface area contributed by atoms with Crippen LogP contribution in [0.5, 0.6) is 0 Å². The Morgan fingerprint density at radius 2 is 2.07 bits per heavy atom. The van der Waals surface area contributed by atoms with Gasteiger partial charge in [-0.1, -0.05) is 19.1 Å². The molecule has 1 aromatic carbocycles. The molecule has 2 heteroatoms. The van der Waals surface area contributed by atoms with Gasteiger partial charge in [-0.25, -0.2) is 4.39 Å². The quantitative estimate of drug-likeness (QED) is 0.684. The summed E-state index contributed by atoms with van der Waals surface area (Å²) in [6.45, 7) is 6.34. The summed E-state index contributed by atoms with van der Waals surface area (Å²) in [5, 5.41) is 0. The molecule has 82 valence electrons. The largest absolute Gasteiger partial charge is 0.305 e. The van der Waals surface area contributed by atoms with Gasteiger partial charge in [0.05, 0.1) is 0 Å². The minimum absolute atomic E-state index is 0.0993. The summed E-state index contributed by atoms with van der Waals surface area (Å²) in [4.78, 5) is 2.34. The smallest absolute Gasteiger partial charge is 0.126 e. The van der Waals surface area contributed by atoms with E-state index < -0.39 is 0 Å². The average Bonchev–Trinajstić information content (AvgIpc) is 2.50. The van der Waals surface area contributed by atoms with Gasteiger partial charge in [-0.3, -0.25) is 0 Å². The summed E-state index contributed by atoms with van der Waals surface area (Å²) in [5.74, 6) is 1.13. The number of likely N-dealkylation sites (tertiary alicyclic amines) is 1. The minimum atomic E-state index is -0.0993. The number of likely N-dealkylation sites (N-methyl/N-ethyl adjacent to an activating group) is 1. The topological polar surface area (TPSA) is 3.24 Å². The molecule has 0 saturated carbocycles. The fraction of sp³-hybridized carbons (Fsp3) is 0.538. The van der Waals surface area contributed by atoms with E-state index in [1.807, 2.05) is 19.1 Å². The molecule has 0 amide bonds. The van der Waals surface area contributed by atoms with Crippen LogP contribution in [0.15, 0.2) is 18.2 Å². The van der Waals surface area contributed by atoms with Crippen molar-refractivity contribution in [3.05, 3.63) is 35.1 Å². The monoisotopic (exact) mass is 207 g/mol. The van der Waals surface area contributed by atoms with Gasteiger partial charge in [0.1, 0.15) is 5.82 Å². The number of halogens is 1. The number of benzene rings is 1. The lowest BCUT2D eigenvalue weighted by atomic mass is 9.89. The van der Waals surface area contributed by atoms with Crippen LogP contribution >= 0.6 is 0 Å². The van der Waals surface area contributed by atoms with Crippen molar-refractivity contribution >= 4 is 0 Å². The summed E-state index contributed by atoms with van der Waals surface area (Å²) in [6, 6.07) is 5.52. The maximum Gasteiger partial charge on any atom is 0.126 e. The van der Waals surface area contributed by atoms with Crippen LogP contribution in [0.3, 0.4) is 0 Å². The van der Waals surface area contributed by atoms with E-state index in [4.69, 9.17) is 0 Å². The third kappa shape index (κ3) is 2.05. The van der Waals surface area contributed by atoms with Crippen molar-refractivity contribution in [1.29, 1.82) is 0 Å². The fourth-order valence-electron chi connectivity index (χ4n) is 2.54.